The Morgan fingerprint density at radius 1 is 1.39 bits per heavy atom. The third-order valence-corrected chi connectivity index (χ3v) is 3.88. The van der Waals surface area contributed by atoms with Crippen LogP contribution in [-0.2, 0) is 0 Å². The van der Waals surface area contributed by atoms with Crippen molar-refractivity contribution in [3.05, 3.63) is 28.9 Å². The predicted molar refractivity (Wildman–Crippen MR) is 73.8 cm³/mol. The number of halogens is 1. The number of aliphatic hydroxyl groups excluding tert-OH is 1. The van der Waals surface area contributed by atoms with E-state index in [4.69, 9.17) is 11.6 Å². The van der Waals surface area contributed by atoms with E-state index in [9.17, 15) is 5.11 Å². The summed E-state index contributed by atoms with van der Waals surface area (Å²) >= 11 is 6.09. The Bertz CT molecular complexity index is 562. The van der Waals surface area contributed by atoms with Gasteiger partial charge in [-0.3, -0.25) is 5.10 Å². The molecular weight excluding hydrogens is 250 g/mol. The molecule has 1 atom stereocenters. The average Bonchev–Trinajstić information content (AvgIpc) is 2.74. The third-order valence-electron chi connectivity index (χ3n) is 3.66. The number of likely N-dealkylation sites (N-methyl/N-ethyl adjacent to an activating group) is 1. The molecule has 5 heteroatoms. The Hall–Kier alpha value is -1.10. The highest BCUT2D eigenvalue weighted by Gasteiger charge is 2.32. The summed E-state index contributed by atoms with van der Waals surface area (Å²) in [4.78, 5) is 1.99. The summed E-state index contributed by atoms with van der Waals surface area (Å²) in [5.74, 6) is 0. The molecule has 2 N–H and O–H groups in total. The van der Waals surface area contributed by atoms with Crippen LogP contribution in [0.4, 0.5) is 0 Å². The minimum atomic E-state index is -0.658. The first-order valence-corrected chi connectivity index (χ1v) is 6.20. The maximum absolute atomic E-state index is 10.6. The Morgan fingerprint density at radius 2 is 2.06 bits per heavy atom. The Labute approximate surface area is 112 Å². The molecule has 1 aromatic heterocycles. The van der Waals surface area contributed by atoms with Gasteiger partial charge in [-0.1, -0.05) is 11.6 Å². The normalized spacial score (nSPS) is 14.4. The highest BCUT2D eigenvalue weighted by molar-refractivity contribution is 6.31. The van der Waals surface area contributed by atoms with Crippen LogP contribution >= 0.6 is 11.6 Å². The van der Waals surface area contributed by atoms with Crippen LogP contribution in [0.15, 0.2) is 18.3 Å². The molecule has 98 valence electrons. The van der Waals surface area contributed by atoms with Crippen LogP contribution in [0, 0.1) is 0 Å². The van der Waals surface area contributed by atoms with E-state index in [-0.39, 0.29) is 0 Å². The van der Waals surface area contributed by atoms with Gasteiger partial charge in [-0.05, 0) is 40.1 Å². The maximum Gasteiger partial charge on any atom is 0.0989 e. The van der Waals surface area contributed by atoms with Gasteiger partial charge < -0.3 is 10.0 Å². The van der Waals surface area contributed by atoms with Gasteiger partial charge in [0.2, 0.25) is 0 Å². The van der Waals surface area contributed by atoms with Gasteiger partial charge in [0.15, 0.2) is 0 Å². The van der Waals surface area contributed by atoms with Crippen LogP contribution in [0.3, 0.4) is 0 Å². The molecule has 18 heavy (non-hydrogen) atoms. The first-order chi connectivity index (χ1) is 8.34. The quantitative estimate of drug-likeness (QED) is 0.899. The van der Waals surface area contributed by atoms with Crippen LogP contribution in [0.2, 0.25) is 5.02 Å². The number of hydrogen-bond donors (Lipinski definition) is 2. The second-order valence-electron chi connectivity index (χ2n) is 5.28. The van der Waals surface area contributed by atoms with Crippen LogP contribution in [0.25, 0.3) is 10.9 Å². The molecule has 0 amide bonds. The van der Waals surface area contributed by atoms with Crippen LogP contribution in [-0.4, -0.2) is 39.8 Å². The van der Waals surface area contributed by atoms with Crippen molar-refractivity contribution in [2.24, 2.45) is 0 Å². The molecule has 0 aliphatic rings. The minimum absolute atomic E-state index is 0.400. The molecular formula is C13H18ClN3O. The number of aromatic amines is 1. The lowest BCUT2D eigenvalue weighted by atomic mass is 9.89. The number of benzene rings is 1. The topological polar surface area (TPSA) is 52.1 Å². The van der Waals surface area contributed by atoms with Gasteiger partial charge in [-0.15, -0.1) is 0 Å². The van der Waals surface area contributed by atoms with Gasteiger partial charge in [0, 0.05) is 21.5 Å². The fourth-order valence-corrected chi connectivity index (χ4v) is 2.12. The van der Waals surface area contributed by atoms with Crippen molar-refractivity contribution in [1.82, 2.24) is 15.1 Å². The summed E-state index contributed by atoms with van der Waals surface area (Å²) in [6.07, 6.45) is 1.05. The van der Waals surface area contributed by atoms with E-state index in [0.717, 1.165) is 16.5 Å². The van der Waals surface area contributed by atoms with E-state index < -0.39 is 11.6 Å². The Morgan fingerprint density at radius 3 is 2.67 bits per heavy atom. The number of nitrogens with zero attached hydrogens (tertiary/aromatic N) is 2. The van der Waals surface area contributed by atoms with Crippen molar-refractivity contribution in [2.75, 3.05) is 14.1 Å². The summed E-state index contributed by atoms with van der Waals surface area (Å²) in [6, 6.07) is 3.62. The molecule has 4 nitrogen and oxygen atoms in total. The molecule has 2 rings (SSSR count). The smallest absolute Gasteiger partial charge is 0.0989 e. The zero-order chi connectivity index (χ0) is 13.5. The van der Waals surface area contributed by atoms with Crippen molar-refractivity contribution in [1.29, 1.82) is 0 Å². The van der Waals surface area contributed by atoms with Crippen molar-refractivity contribution in [3.63, 3.8) is 0 Å². The van der Waals surface area contributed by atoms with Gasteiger partial charge in [-0.2, -0.15) is 5.10 Å². The van der Waals surface area contributed by atoms with Crippen molar-refractivity contribution >= 4 is 22.5 Å². The van der Waals surface area contributed by atoms with Crippen molar-refractivity contribution in [2.45, 2.75) is 25.5 Å². The summed E-state index contributed by atoms with van der Waals surface area (Å²) in [5, 5.41) is 19.0. The SMILES string of the molecule is CN(C)C(C)(C)C(O)c1cc(Cl)cc2cn[nH]c12. The van der Waals surface area contributed by atoms with Gasteiger partial charge in [0.1, 0.15) is 0 Å². The van der Waals surface area contributed by atoms with E-state index in [1.54, 1.807) is 12.3 Å². The molecule has 1 aromatic carbocycles. The van der Waals surface area contributed by atoms with Gasteiger partial charge in [0.05, 0.1) is 17.8 Å². The van der Waals surface area contributed by atoms with Gasteiger partial charge in [-0.25, -0.2) is 0 Å². The zero-order valence-corrected chi connectivity index (χ0v) is 11.8. The molecule has 0 radical (unpaired) electrons. The molecule has 0 saturated carbocycles. The maximum atomic E-state index is 10.6. The summed E-state index contributed by atoms with van der Waals surface area (Å²) in [6.45, 7) is 3.97. The molecule has 0 aliphatic heterocycles. The molecule has 0 bridgehead atoms. The third kappa shape index (κ3) is 2.11. The van der Waals surface area contributed by atoms with Crippen molar-refractivity contribution in [3.8, 4) is 0 Å². The van der Waals surface area contributed by atoms with E-state index in [1.807, 2.05) is 38.9 Å². The van der Waals surface area contributed by atoms with Crippen molar-refractivity contribution < 1.29 is 5.11 Å². The average molecular weight is 268 g/mol. The summed E-state index contributed by atoms with van der Waals surface area (Å²) in [5.41, 5.74) is 1.21. The molecule has 0 saturated heterocycles. The minimum Gasteiger partial charge on any atom is -0.386 e. The van der Waals surface area contributed by atoms with Crippen LogP contribution < -0.4 is 0 Å². The Balaban J connectivity index is 2.57. The highest BCUT2D eigenvalue weighted by Crippen LogP contribution is 2.34. The summed E-state index contributed by atoms with van der Waals surface area (Å²) < 4.78 is 0. The monoisotopic (exact) mass is 267 g/mol. The lowest BCUT2D eigenvalue weighted by Gasteiger charge is -2.37. The standard InChI is InChI=1S/C13H18ClN3O/c1-13(2,17(3)4)12(18)10-6-9(14)5-8-7-15-16-11(8)10/h5-7,12,18H,1-4H3,(H,15,16). The second kappa shape index (κ2) is 4.53. The number of nitrogens with one attached hydrogen (secondary N) is 1. The molecule has 0 aliphatic carbocycles. The van der Waals surface area contributed by atoms with Crippen LogP contribution in [0.5, 0.6) is 0 Å². The molecule has 1 heterocycles. The number of hydrogen-bond acceptors (Lipinski definition) is 3. The fourth-order valence-electron chi connectivity index (χ4n) is 1.89. The molecule has 2 aromatic rings. The second-order valence-corrected chi connectivity index (χ2v) is 5.72. The van der Waals surface area contributed by atoms with Gasteiger partial charge in [0.25, 0.3) is 0 Å². The number of rotatable bonds is 3. The van der Waals surface area contributed by atoms with Crippen LogP contribution in [0.1, 0.15) is 25.5 Å². The van der Waals surface area contributed by atoms with E-state index in [2.05, 4.69) is 10.2 Å². The molecule has 0 spiro atoms. The number of aromatic nitrogens is 2. The number of fused-ring (bicyclic) bond motifs is 1. The first-order valence-electron chi connectivity index (χ1n) is 5.82. The highest BCUT2D eigenvalue weighted by atomic mass is 35.5. The fraction of sp³-hybridized carbons (Fsp3) is 0.462. The number of aliphatic hydroxyl groups is 1. The first kappa shape index (κ1) is 13.3. The predicted octanol–water partition coefficient (Wildman–Crippen LogP) is 2.59. The Kier molecular flexibility index (Phi) is 3.36. The largest absolute Gasteiger partial charge is 0.386 e. The van der Waals surface area contributed by atoms with E-state index in [0.29, 0.717) is 5.02 Å². The van der Waals surface area contributed by atoms with E-state index in [1.165, 1.54) is 0 Å². The lowest BCUT2D eigenvalue weighted by molar-refractivity contribution is 0.0172. The molecule has 0 fully saturated rings. The van der Waals surface area contributed by atoms with Gasteiger partial charge >= 0.3 is 0 Å². The molecule has 1 unspecified atom stereocenters. The lowest BCUT2D eigenvalue weighted by Crippen LogP contribution is -2.43. The van der Waals surface area contributed by atoms with E-state index >= 15 is 0 Å². The number of H-pyrrole nitrogens is 1. The summed E-state index contributed by atoms with van der Waals surface area (Å²) in [7, 11) is 3.88. The zero-order valence-electron chi connectivity index (χ0n) is 11.0.